The Hall–Kier alpha value is -1.57. The number of fused-ring (bicyclic) bond motifs is 1. The molecule has 0 saturated carbocycles. The highest BCUT2D eigenvalue weighted by Crippen LogP contribution is 2.27. The van der Waals surface area contributed by atoms with Crippen LogP contribution in [0.4, 0.5) is 0 Å². The molecule has 3 rings (SSSR count). The fourth-order valence-corrected chi connectivity index (χ4v) is 2.09. The first-order valence-corrected chi connectivity index (χ1v) is 4.96. The highest BCUT2D eigenvalue weighted by Gasteiger charge is 2.12. The minimum absolute atomic E-state index is 0.861. The van der Waals surface area contributed by atoms with Gasteiger partial charge >= 0.3 is 0 Å². The first-order chi connectivity index (χ1) is 6.93. The van der Waals surface area contributed by atoms with Crippen molar-refractivity contribution in [3.05, 3.63) is 41.6 Å². The molecule has 0 N–H and O–H groups in total. The Labute approximate surface area is 82.5 Å². The summed E-state index contributed by atoms with van der Waals surface area (Å²) >= 11 is 0. The van der Waals surface area contributed by atoms with Crippen molar-refractivity contribution in [1.29, 1.82) is 0 Å². The molecule has 1 heterocycles. The van der Waals surface area contributed by atoms with Gasteiger partial charge in [-0.2, -0.15) is 0 Å². The molecule has 0 atom stereocenters. The summed E-state index contributed by atoms with van der Waals surface area (Å²) in [6.45, 7) is 0. The zero-order chi connectivity index (χ0) is 9.38. The molecule has 0 amide bonds. The van der Waals surface area contributed by atoms with Gasteiger partial charge in [0.05, 0.1) is 6.20 Å². The lowest BCUT2D eigenvalue weighted by molar-refractivity contribution is 0.432. The Morgan fingerprint density at radius 2 is 2.00 bits per heavy atom. The molecule has 0 unspecified atom stereocenters. The Morgan fingerprint density at radius 3 is 2.86 bits per heavy atom. The maximum absolute atomic E-state index is 5.13. The second-order valence-electron chi connectivity index (χ2n) is 3.71. The Balaban J connectivity index is 2.09. The third-order valence-corrected chi connectivity index (χ3v) is 2.82. The maximum atomic E-state index is 5.13. The number of hydrogen-bond acceptors (Lipinski definition) is 2. The summed E-state index contributed by atoms with van der Waals surface area (Å²) in [7, 11) is 0. The molecule has 0 bridgehead atoms. The summed E-state index contributed by atoms with van der Waals surface area (Å²) in [6.07, 6.45) is 5.40. The van der Waals surface area contributed by atoms with Gasteiger partial charge in [0.2, 0.25) is 0 Å². The number of aromatic nitrogens is 1. The van der Waals surface area contributed by atoms with E-state index in [9.17, 15) is 0 Å². The molecule has 1 aliphatic carbocycles. The van der Waals surface area contributed by atoms with Crippen LogP contribution in [0.1, 0.15) is 17.5 Å². The Kier molecular flexibility index (Phi) is 1.66. The molecule has 2 heteroatoms. The SMILES string of the molecule is c1cc(-c2ccc3c(c2)CCC3)on1. The van der Waals surface area contributed by atoms with E-state index in [0.717, 1.165) is 11.3 Å². The van der Waals surface area contributed by atoms with Crippen molar-refractivity contribution in [3.8, 4) is 11.3 Å². The van der Waals surface area contributed by atoms with Crippen LogP contribution < -0.4 is 0 Å². The van der Waals surface area contributed by atoms with Gasteiger partial charge in [0, 0.05) is 11.6 Å². The van der Waals surface area contributed by atoms with E-state index in [0.29, 0.717) is 0 Å². The summed E-state index contributed by atoms with van der Waals surface area (Å²) in [5.41, 5.74) is 4.11. The number of rotatable bonds is 1. The zero-order valence-corrected chi connectivity index (χ0v) is 7.86. The average molecular weight is 185 g/mol. The van der Waals surface area contributed by atoms with Gasteiger partial charge in [-0.15, -0.1) is 0 Å². The molecule has 0 spiro atoms. The maximum Gasteiger partial charge on any atom is 0.166 e. The highest BCUT2D eigenvalue weighted by atomic mass is 16.5. The van der Waals surface area contributed by atoms with Crippen LogP contribution in [0.2, 0.25) is 0 Å². The third kappa shape index (κ3) is 1.15. The molecule has 2 nitrogen and oxygen atoms in total. The number of benzene rings is 1. The van der Waals surface area contributed by atoms with Crippen LogP contribution in [0.3, 0.4) is 0 Å². The number of hydrogen-bond donors (Lipinski definition) is 0. The summed E-state index contributed by atoms with van der Waals surface area (Å²) in [6, 6.07) is 8.45. The number of nitrogens with zero attached hydrogens (tertiary/aromatic N) is 1. The first-order valence-electron chi connectivity index (χ1n) is 4.96. The van der Waals surface area contributed by atoms with E-state index >= 15 is 0 Å². The monoisotopic (exact) mass is 185 g/mol. The Bertz CT molecular complexity index is 445. The van der Waals surface area contributed by atoms with Gasteiger partial charge in [-0.25, -0.2) is 0 Å². The average Bonchev–Trinajstić information content (AvgIpc) is 2.88. The Morgan fingerprint density at radius 1 is 1.07 bits per heavy atom. The van der Waals surface area contributed by atoms with Crippen LogP contribution >= 0.6 is 0 Å². The minimum atomic E-state index is 0.861. The lowest BCUT2D eigenvalue weighted by atomic mass is 10.1. The molecule has 0 saturated heterocycles. The van der Waals surface area contributed by atoms with E-state index in [2.05, 4.69) is 23.4 Å². The topological polar surface area (TPSA) is 26.0 Å². The molecule has 1 aliphatic rings. The minimum Gasteiger partial charge on any atom is -0.356 e. The second-order valence-corrected chi connectivity index (χ2v) is 3.71. The van der Waals surface area contributed by atoms with Crippen molar-refractivity contribution in [1.82, 2.24) is 5.16 Å². The first kappa shape index (κ1) is 7.80. The van der Waals surface area contributed by atoms with Gasteiger partial charge in [0.15, 0.2) is 5.76 Å². The summed E-state index contributed by atoms with van der Waals surface area (Å²) in [5, 5.41) is 3.72. The number of aryl methyl sites for hydroxylation is 2. The molecule has 14 heavy (non-hydrogen) atoms. The molecular formula is C12H11NO. The molecule has 0 aliphatic heterocycles. The van der Waals surface area contributed by atoms with Gasteiger partial charge in [0.25, 0.3) is 0 Å². The van der Waals surface area contributed by atoms with Crippen LogP contribution in [0.15, 0.2) is 35.0 Å². The van der Waals surface area contributed by atoms with Crippen molar-refractivity contribution in [2.45, 2.75) is 19.3 Å². The second kappa shape index (κ2) is 2.98. The predicted octanol–water partition coefficient (Wildman–Crippen LogP) is 2.83. The van der Waals surface area contributed by atoms with Crippen molar-refractivity contribution in [2.75, 3.05) is 0 Å². The molecule has 1 aromatic heterocycles. The predicted molar refractivity (Wildman–Crippen MR) is 54.0 cm³/mol. The molecule has 1 aromatic carbocycles. The fourth-order valence-electron chi connectivity index (χ4n) is 2.09. The fraction of sp³-hybridized carbons (Fsp3) is 0.250. The van der Waals surface area contributed by atoms with E-state index in [4.69, 9.17) is 4.52 Å². The molecule has 70 valence electrons. The quantitative estimate of drug-likeness (QED) is 0.682. The van der Waals surface area contributed by atoms with E-state index in [1.165, 1.54) is 30.4 Å². The molecular weight excluding hydrogens is 174 g/mol. The summed E-state index contributed by atoms with van der Waals surface area (Å²) in [5.74, 6) is 0.861. The standard InChI is InChI=1S/C12H11NO/c1-2-9-4-5-11(8-10(9)3-1)12-6-7-13-14-12/h4-8H,1-3H2. The van der Waals surface area contributed by atoms with Gasteiger partial charge in [-0.05, 0) is 36.5 Å². The van der Waals surface area contributed by atoms with Gasteiger partial charge in [-0.3, -0.25) is 0 Å². The molecule has 2 aromatic rings. The van der Waals surface area contributed by atoms with Gasteiger partial charge in [-0.1, -0.05) is 17.3 Å². The third-order valence-electron chi connectivity index (χ3n) is 2.82. The highest BCUT2D eigenvalue weighted by molar-refractivity contribution is 5.59. The molecule has 0 fully saturated rings. The van der Waals surface area contributed by atoms with Gasteiger partial charge < -0.3 is 4.52 Å². The lowest BCUT2D eigenvalue weighted by Crippen LogP contribution is -1.82. The van der Waals surface area contributed by atoms with Crippen molar-refractivity contribution < 1.29 is 4.52 Å². The normalized spacial score (nSPS) is 14.3. The summed E-state index contributed by atoms with van der Waals surface area (Å²) < 4.78 is 5.13. The van der Waals surface area contributed by atoms with Crippen LogP contribution in [0.25, 0.3) is 11.3 Å². The van der Waals surface area contributed by atoms with Crippen LogP contribution in [0, 0.1) is 0 Å². The van der Waals surface area contributed by atoms with E-state index in [1.54, 1.807) is 6.20 Å². The summed E-state index contributed by atoms with van der Waals surface area (Å²) in [4.78, 5) is 0. The van der Waals surface area contributed by atoms with E-state index in [-0.39, 0.29) is 0 Å². The van der Waals surface area contributed by atoms with Crippen LogP contribution in [0.5, 0.6) is 0 Å². The van der Waals surface area contributed by atoms with E-state index < -0.39 is 0 Å². The van der Waals surface area contributed by atoms with Crippen LogP contribution in [-0.2, 0) is 12.8 Å². The van der Waals surface area contributed by atoms with Crippen LogP contribution in [-0.4, -0.2) is 5.16 Å². The van der Waals surface area contributed by atoms with Crippen molar-refractivity contribution in [2.24, 2.45) is 0 Å². The smallest absolute Gasteiger partial charge is 0.166 e. The largest absolute Gasteiger partial charge is 0.356 e. The lowest BCUT2D eigenvalue weighted by Gasteiger charge is -2.00. The van der Waals surface area contributed by atoms with E-state index in [1.807, 2.05) is 6.07 Å². The van der Waals surface area contributed by atoms with Crippen molar-refractivity contribution in [3.63, 3.8) is 0 Å². The molecule has 0 radical (unpaired) electrons. The van der Waals surface area contributed by atoms with Crippen molar-refractivity contribution >= 4 is 0 Å². The zero-order valence-electron chi connectivity index (χ0n) is 7.86. The van der Waals surface area contributed by atoms with Gasteiger partial charge in [0.1, 0.15) is 0 Å².